The quantitative estimate of drug-likeness (QED) is 0.370. The number of hydrogen-bond acceptors (Lipinski definition) is 5. The summed E-state index contributed by atoms with van der Waals surface area (Å²) in [5, 5.41) is 17.1. The topological polar surface area (TPSA) is 88.7 Å². The molecule has 1 saturated heterocycles. The molecule has 2 N–H and O–H groups in total. The summed E-state index contributed by atoms with van der Waals surface area (Å²) in [5.41, 5.74) is 3.79. The zero-order chi connectivity index (χ0) is 25.4. The number of nitrogens with one attached hydrogen (secondary N) is 1. The summed E-state index contributed by atoms with van der Waals surface area (Å²) in [4.78, 5) is 28.9. The van der Waals surface area contributed by atoms with Gasteiger partial charge in [0.1, 0.15) is 5.75 Å². The van der Waals surface area contributed by atoms with Crippen LogP contribution in [0.1, 0.15) is 33.6 Å². The van der Waals surface area contributed by atoms with E-state index in [2.05, 4.69) is 26.9 Å². The monoisotopic (exact) mass is 496 g/mol. The number of nitrogens with zero attached hydrogens (tertiary/aromatic N) is 3. The number of likely N-dealkylation sites (tertiary alicyclic amines) is 1. The number of benzene rings is 3. The molecule has 0 radical (unpaired) electrons. The Balaban J connectivity index is 1.59. The lowest BCUT2D eigenvalue weighted by atomic mass is 9.93. The van der Waals surface area contributed by atoms with Crippen molar-refractivity contribution in [1.82, 2.24) is 19.4 Å². The van der Waals surface area contributed by atoms with E-state index in [1.54, 1.807) is 7.11 Å². The lowest BCUT2D eigenvalue weighted by Crippen LogP contribution is -2.37. The van der Waals surface area contributed by atoms with E-state index in [-0.39, 0.29) is 17.9 Å². The smallest absolute Gasteiger partial charge is 0.259 e. The number of ether oxygens (including phenoxy) is 1. The molecular weight excluding hydrogens is 468 g/mol. The Labute approximate surface area is 213 Å². The summed E-state index contributed by atoms with van der Waals surface area (Å²) in [6.45, 7) is 3.24. The first-order valence-corrected chi connectivity index (χ1v) is 12.8. The van der Waals surface area contributed by atoms with Gasteiger partial charge in [-0.05, 0) is 31.0 Å². The van der Waals surface area contributed by atoms with Gasteiger partial charge in [0, 0.05) is 72.4 Å². The fraction of sp³-hybridized carbons (Fsp3) is 0.310. The molecule has 0 spiro atoms. The average Bonchev–Trinajstić information content (AvgIpc) is 3.54. The molecule has 1 fully saturated rings. The predicted molar refractivity (Wildman–Crippen MR) is 143 cm³/mol. The third-order valence-corrected chi connectivity index (χ3v) is 8.19. The van der Waals surface area contributed by atoms with Gasteiger partial charge in [-0.1, -0.05) is 12.1 Å². The van der Waals surface area contributed by atoms with Crippen LogP contribution in [0.4, 0.5) is 0 Å². The molecule has 2 amide bonds. The second-order valence-corrected chi connectivity index (χ2v) is 10.2. The van der Waals surface area contributed by atoms with Crippen molar-refractivity contribution in [3.63, 3.8) is 0 Å². The second kappa shape index (κ2) is 8.06. The fourth-order valence-corrected chi connectivity index (χ4v) is 6.38. The molecule has 188 valence electrons. The van der Waals surface area contributed by atoms with Crippen LogP contribution >= 0.6 is 0 Å². The molecule has 0 atom stereocenters. The van der Waals surface area contributed by atoms with Crippen LogP contribution in [0.5, 0.6) is 5.75 Å². The van der Waals surface area contributed by atoms with Gasteiger partial charge in [-0.3, -0.25) is 14.9 Å². The molecule has 0 bridgehead atoms. The van der Waals surface area contributed by atoms with Gasteiger partial charge >= 0.3 is 0 Å². The van der Waals surface area contributed by atoms with Crippen LogP contribution in [0.15, 0.2) is 42.6 Å². The summed E-state index contributed by atoms with van der Waals surface area (Å²) in [6.07, 6.45) is 3.33. The molecule has 0 aliphatic carbocycles. The van der Waals surface area contributed by atoms with Crippen LogP contribution in [-0.4, -0.2) is 63.8 Å². The van der Waals surface area contributed by atoms with Gasteiger partial charge < -0.3 is 23.9 Å². The highest BCUT2D eigenvalue weighted by Gasteiger charge is 2.35. The normalized spacial score (nSPS) is 16.9. The third kappa shape index (κ3) is 3.15. The van der Waals surface area contributed by atoms with E-state index < -0.39 is 0 Å². The summed E-state index contributed by atoms with van der Waals surface area (Å²) in [6, 6.07) is 12.1. The molecular formula is C29H28N4O4. The minimum absolute atomic E-state index is 0.218. The zero-order valence-corrected chi connectivity index (χ0v) is 20.9. The number of methoxy groups -OCH3 is 1. The van der Waals surface area contributed by atoms with Crippen molar-refractivity contribution in [3.05, 3.63) is 53.7 Å². The maximum atomic E-state index is 13.3. The number of fused-ring (bicyclic) bond motifs is 10. The number of aliphatic hydroxyl groups is 1. The Hall–Kier alpha value is -3.88. The SMILES string of the molecule is COc1ccc2c3c4c(c5c(ccc6ccn(C)c65)c3n(CCN3CCC(O)CC3)c2c1)C(=O)NC4=O. The predicted octanol–water partition coefficient (Wildman–Crippen LogP) is 3.79. The maximum absolute atomic E-state index is 13.3. The number of piperidine rings is 1. The van der Waals surface area contributed by atoms with Crippen LogP contribution in [0.3, 0.4) is 0 Å². The summed E-state index contributed by atoms with van der Waals surface area (Å²) >= 11 is 0. The Morgan fingerprint density at radius 2 is 1.65 bits per heavy atom. The fourth-order valence-electron chi connectivity index (χ4n) is 6.38. The number of hydrogen-bond donors (Lipinski definition) is 2. The van der Waals surface area contributed by atoms with Crippen LogP contribution in [-0.2, 0) is 13.6 Å². The molecule has 2 aliphatic rings. The second-order valence-electron chi connectivity index (χ2n) is 10.2. The minimum atomic E-state index is -0.349. The number of aromatic nitrogens is 2. The molecule has 3 aromatic carbocycles. The number of imide groups is 1. The molecule has 0 unspecified atom stereocenters. The first-order valence-electron chi connectivity index (χ1n) is 12.8. The zero-order valence-electron chi connectivity index (χ0n) is 20.9. The van der Waals surface area contributed by atoms with E-state index >= 15 is 0 Å². The summed E-state index contributed by atoms with van der Waals surface area (Å²) in [7, 11) is 3.62. The lowest BCUT2D eigenvalue weighted by Gasteiger charge is -2.29. The molecule has 5 aromatic rings. The molecule has 2 aromatic heterocycles. The van der Waals surface area contributed by atoms with Crippen molar-refractivity contribution in [1.29, 1.82) is 0 Å². The molecule has 0 saturated carbocycles. The van der Waals surface area contributed by atoms with E-state index in [1.807, 2.05) is 42.1 Å². The van der Waals surface area contributed by atoms with Crippen molar-refractivity contribution in [2.24, 2.45) is 7.05 Å². The number of aryl methyl sites for hydroxylation is 1. The van der Waals surface area contributed by atoms with Crippen molar-refractivity contribution in [3.8, 4) is 5.75 Å². The van der Waals surface area contributed by atoms with Crippen LogP contribution < -0.4 is 10.1 Å². The van der Waals surface area contributed by atoms with Gasteiger partial charge in [0.05, 0.1) is 40.9 Å². The molecule has 7 rings (SSSR count). The molecule has 37 heavy (non-hydrogen) atoms. The lowest BCUT2D eigenvalue weighted by molar-refractivity contribution is 0.0812. The van der Waals surface area contributed by atoms with Crippen LogP contribution in [0.2, 0.25) is 0 Å². The van der Waals surface area contributed by atoms with E-state index in [1.165, 1.54) is 0 Å². The average molecular weight is 497 g/mol. The Morgan fingerprint density at radius 1 is 0.946 bits per heavy atom. The molecule has 8 heteroatoms. The minimum Gasteiger partial charge on any atom is -0.497 e. The molecule has 4 heterocycles. The maximum Gasteiger partial charge on any atom is 0.259 e. The van der Waals surface area contributed by atoms with E-state index in [0.717, 1.165) is 81.7 Å². The van der Waals surface area contributed by atoms with Gasteiger partial charge in [-0.2, -0.15) is 0 Å². The van der Waals surface area contributed by atoms with Crippen LogP contribution in [0.25, 0.3) is 43.5 Å². The van der Waals surface area contributed by atoms with Gasteiger partial charge in [-0.15, -0.1) is 0 Å². The Morgan fingerprint density at radius 3 is 2.38 bits per heavy atom. The van der Waals surface area contributed by atoms with Crippen molar-refractivity contribution >= 4 is 55.3 Å². The van der Waals surface area contributed by atoms with Gasteiger partial charge in [0.2, 0.25) is 0 Å². The number of carbonyl (C=O) groups excluding carboxylic acids is 2. The highest BCUT2D eigenvalue weighted by Crippen LogP contribution is 2.44. The van der Waals surface area contributed by atoms with Gasteiger partial charge in [0.15, 0.2) is 0 Å². The van der Waals surface area contributed by atoms with E-state index in [0.29, 0.717) is 17.7 Å². The van der Waals surface area contributed by atoms with Gasteiger partial charge in [-0.25, -0.2) is 0 Å². The van der Waals surface area contributed by atoms with Crippen molar-refractivity contribution < 1.29 is 19.4 Å². The molecule has 8 nitrogen and oxygen atoms in total. The highest BCUT2D eigenvalue weighted by molar-refractivity contribution is 6.39. The standard InChI is InChI=1S/C29H28N4O4/c1-31-10-7-16-3-5-20-23(26(16)31)25-24(28(35)30-29(25)36)22-19-6-4-18(37-2)15-21(19)33(27(20)22)14-13-32-11-8-17(34)9-12-32/h3-7,10,15,17,34H,8-9,11-14H2,1-2H3,(H,30,35,36). The Kier molecular flexibility index (Phi) is 4.86. The highest BCUT2D eigenvalue weighted by atomic mass is 16.5. The van der Waals surface area contributed by atoms with E-state index in [4.69, 9.17) is 4.74 Å². The third-order valence-electron chi connectivity index (χ3n) is 8.19. The van der Waals surface area contributed by atoms with Gasteiger partial charge in [0.25, 0.3) is 11.8 Å². The number of carbonyl (C=O) groups is 2. The Bertz CT molecular complexity index is 1770. The largest absolute Gasteiger partial charge is 0.497 e. The first kappa shape index (κ1) is 22.3. The molecule has 2 aliphatic heterocycles. The summed E-state index contributed by atoms with van der Waals surface area (Å²) in [5.74, 6) is 0.0452. The summed E-state index contributed by atoms with van der Waals surface area (Å²) < 4.78 is 9.88. The van der Waals surface area contributed by atoms with Crippen molar-refractivity contribution in [2.45, 2.75) is 25.5 Å². The van der Waals surface area contributed by atoms with Crippen LogP contribution in [0, 0.1) is 0 Å². The van der Waals surface area contributed by atoms with E-state index in [9.17, 15) is 14.7 Å². The number of aliphatic hydroxyl groups excluding tert-OH is 1. The van der Waals surface area contributed by atoms with Crippen molar-refractivity contribution in [2.75, 3.05) is 26.7 Å². The first-order chi connectivity index (χ1) is 18.0. The number of amides is 2. The number of rotatable bonds is 4.